The lowest BCUT2D eigenvalue weighted by molar-refractivity contribution is 0.0872. The third-order valence-electron chi connectivity index (χ3n) is 4.06. The van der Waals surface area contributed by atoms with Crippen LogP contribution in [0.5, 0.6) is 0 Å². The van der Waals surface area contributed by atoms with Crippen LogP contribution in [-0.2, 0) is 0 Å². The molecule has 108 valence electrons. The van der Waals surface area contributed by atoms with Crippen molar-refractivity contribution in [3.63, 3.8) is 0 Å². The van der Waals surface area contributed by atoms with Crippen molar-refractivity contribution in [1.29, 1.82) is 0 Å². The summed E-state index contributed by atoms with van der Waals surface area (Å²) in [6.07, 6.45) is 1.10. The van der Waals surface area contributed by atoms with Gasteiger partial charge in [-0.25, -0.2) is 9.82 Å². The Morgan fingerprint density at radius 2 is 2.20 bits per heavy atom. The highest BCUT2D eigenvalue weighted by molar-refractivity contribution is 6.30. The summed E-state index contributed by atoms with van der Waals surface area (Å²) in [6, 6.07) is 6.81. The molecular formula is C14H17ClFN3O. The first kappa shape index (κ1) is 13.8. The summed E-state index contributed by atoms with van der Waals surface area (Å²) in [4.78, 5) is 12.2. The first-order valence-corrected chi connectivity index (χ1v) is 7.24. The molecule has 6 heteroatoms. The van der Waals surface area contributed by atoms with E-state index in [1.165, 1.54) is 0 Å². The number of amides is 1. The molecule has 0 radical (unpaired) electrons. The van der Waals surface area contributed by atoms with E-state index < -0.39 is 6.17 Å². The molecule has 1 amide bonds. The Balaban J connectivity index is 1.70. The van der Waals surface area contributed by atoms with E-state index in [0.717, 1.165) is 12.8 Å². The highest BCUT2D eigenvalue weighted by atomic mass is 35.5. The van der Waals surface area contributed by atoms with Crippen LogP contribution in [0.4, 0.5) is 4.39 Å². The zero-order valence-corrected chi connectivity index (χ0v) is 11.7. The third kappa shape index (κ3) is 2.66. The van der Waals surface area contributed by atoms with Gasteiger partial charge in [0.25, 0.3) is 5.91 Å². The van der Waals surface area contributed by atoms with E-state index in [1.54, 1.807) is 24.3 Å². The van der Waals surface area contributed by atoms with Crippen molar-refractivity contribution in [1.82, 2.24) is 16.2 Å². The minimum absolute atomic E-state index is 0.0865. The molecule has 1 aliphatic heterocycles. The Kier molecular flexibility index (Phi) is 3.92. The Morgan fingerprint density at radius 1 is 1.35 bits per heavy atom. The van der Waals surface area contributed by atoms with Gasteiger partial charge < -0.3 is 5.32 Å². The smallest absolute Gasteiger partial charge is 0.252 e. The Morgan fingerprint density at radius 3 is 3.00 bits per heavy atom. The topological polar surface area (TPSA) is 53.2 Å². The molecule has 20 heavy (non-hydrogen) atoms. The normalized spacial score (nSPS) is 32.7. The van der Waals surface area contributed by atoms with E-state index >= 15 is 0 Å². The fourth-order valence-corrected chi connectivity index (χ4v) is 3.25. The summed E-state index contributed by atoms with van der Waals surface area (Å²) < 4.78 is 14.1. The second-order valence-electron chi connectivity index (χ2n) is 5.38. The maximum absolute atomic E-state index is 14.1. The van der Waals surface area contributed by atoms with Crippen molar-refractivity contribution in [2.24, 2.45) is 5.92 Å². The number of hydrogen-bond donors (Lipinski definition) is 3. The maximum Gasteiger partial charge on any atom is 0.252 e. The highest BCUT2D eigenvalue weighted by Gasteiger charge is 2.44. The van der Waals surface area contributed by atoms with Crippen LogP contribution in [0, 0.1) is 5.92 Å². The van der Waals surface area contributed by atoms with Gasteiger partial charge in [-0.3, -0.25) is 10.2 Å². The van der Waals surface area contributed by atoms with Gasteiger partial charge in [-0.1, -0.05) is 17.7 Å². The molecule has 1 aromatic carbocycles. The lowest BCUT2D eigenvalue weighted by Crippen LogP contribution is -2.49. The van der Waals surface area contributed by atoms with Gasteiger partial charge >= 0.3 is 0 Å². The summed E-state index contributed by atoms with van der Waals surface area (Å²) in [6.45, 7) is 0. The predicted molar refractivity (Wildman–Crippen MR) is 75.0 cm³/mol. The molecule has 0 aromatic heterocycles. The first-order chi connectivity index (χ1) is 9.65. The predicted octanol–water partition coefficient (Wildman–Crippen LogP) is 2.01. The number of hydrogen-bond acceptors (Lipinski definition) is 3. The van der Waals surface area contributed by atoms with Crippen molar-refractivity contribution in [2.45, 2.75) is 37.6 Å². The Bertz CT molecular complexity index is 513. The molecule has 1 heterocycles. The van der Waals surface area contributed by atoms with E-state index in [-0.39, 0.29) is 24.0 Å². The van der Waals surface area contributed by atoms with Gasteiger partial charge in [0.15, 0.2) is 0 Å². The fraction of sp³-hybridized carbons (Fsp3) is 0.500. The van der Waals surface area contributed by atoms with Gasteiger partial charge in [0.2, 0.25) is 0 Å². The van der Waals surface area contributed by atoms with E-state index in [9.17, 15) is 9.18 Å². The van der Waals surface area contributed by atoms with Crippen molar-refractivity contribution in [3.05, 3.63) is 34.9 Å². The monoisotopic (exact) mass is 297 g/mol. The standard InChI is InChI=1S/C14H17ClFN3O/c15-9-4-1-3-8(7-9)14(20)17-13-12-10(16)5-2-6-11(12)18-19-13/h1,3-4,7,10-13,18-19H,2,5-6H2,(H,17,20). The molecule has 1 saturated heterocycles. The van der Waals surface area contributed by atoms with Crippen LogP contribution in [0.3, 0.4) is 0 Å². The largest absolute Gasteiger partial charge is 0.335 e. The molecule has 0 bridgehead atoms. The van der Waals surface area contributed by atoms with Crippen molar-refractivity contribution >= 4 is 17.5 Å². The molecule has 1 saturated carbocycles. The van der Waals surface area contributed by atoms with Crippen LogP contribution in [0.25, 0.3) is 0 Å². The van der Waals surface area contributed by atoms with E-state index in [0.29, 0.717) is 17.0 Å². The lowest BCUT2D eigenvalue weighted by Gasteiger charge is -2.30. The molecule has 1 aliphatic carbocycles. The molecule has 4 nitrogen and oxygen atoms in total. The number of fused-ring (bicyclic) bond motifs is 1. The second kappa shape index (κ2) is 5.68. The average molecular weight is 298 g/mol. The number of carbonyl (C=O) groups is 1. The molecule has 2 fully saturated rings. The molecule has 3 rings (SSSR count). The minimum Gasteiger partial charge on any atom is -0.335 e. The van der Waals surface area contributed by atoms with Gasteiger partial charge in [0.05, 0.1) is 6.17 Å². The van der Waals surface area contributed by atoms with Crippen LogP contribution < -0.4 is 16.2 Å². The summed E-state index contributed by atoms with van der Waals surface area (Å²) in [5.74, 6) is -0.461. The van der Waals surface area contributed by atoms with E-state index in [4.69, 9.17) is 11.6 Å². The van der Waals surface area contributed by atoms with E-state index in [2.05, 4.69) is 16.2 Å². The van der Waals surface area contributed by atoms with E-state index in [1.807, 2.05) is 0 Å². The number of nitrogens with one attached hydrogen (secondary N) is 3. The molecule has 3 N–H and O–H groups in total. The number of hydrazine groups is 1. The zero-order valence-electron chi connectivity index (χ0n) is 10.9. The zero-order chi connectivity index (χ0) is 14.1. The highest BCUT2D eigenvalue weighted by Crippen LogP contribution is 2.31. The van der Waals surface area contributed by atoms with Crippen LogP contribution in [-0.4, -0.2) is 24.3 Å². The molecular weight excluding hydrogens is 281 g/mol. The Labute approximate surface area is 122 Å². The quantitative estimate of drug-likeness (QED) is 0.783. The first-order valence-electron chi connectivity index (χ1n) is 6.87. The summed E-state index contributed by atoms with van der Waals surface area (Å²) >= 11 is 5.87. The van der Waals surface area contributed by atoms with Crippen molar-refractivity contribution in [2.75, 3.05) is 0 Å². The van der Waals surface area contributed by atoms with Crippen molar-refractivity contribution < 1.29 is 9.18 Å². The second-order valence-corrected chi connectivity index (χ2v) is 5.82. The number of carbonyl (C=O) groups excluding carboxylic acids is 1. The average Bonchev–Trinajstić information content (AvgIpc) is 2.83. The van der Waals surface area contributed by atoms with Gasteiger partial charge in [0.1, 0.15) is 6.17 Å². The van der Waals surface area contributed by atoms with Gasteiger partial charge in [-0.2, -0.15) is 0 Å². The molecule has 1 aromatic rings. The number of alkyl halides is 1. The summed E-state index contributed by atoms with van der Waals surface area (Å²) in [5, 5.41) is 3.35. The van der Waals surface area contributed by atoms with Crippen LogP contribution in [0.15, 0.2) is 24.3 Å². The molecule has 4 unspecified atom stereocenters. The maximum atomic E-state index is 14.1. The number of rotatable bonds is 2. The fourth-order valence-electron chi connectivity index (χ4n) is 3.06. The molecule has 2 aliphatic rings. The van der Waals surface area contributed by atoms with Gasteiger partial charge in [-0.15, -0.1) is 0 Å². The van der Waals surface area contributed by atoms with Crippen LogP contribution >= 0.6 is 11.6 Å². The van der Waals surface area contributed by atoms with Crippen LogP contribution in [0.2, 0.25) is 5.02 Å². The van der Waals surface area contributed by atoms with Crippen molar-refractivity contribution in [3.8, 4) is 0 Å². The SMILES string of the molecule is O=C(NC1NNC2CCCC(F)C21)c1cccc(Cl)c1. The molecule has 0 spiro atoms. The van der Waals surface area contributed by atoms with Gasteiger partial charge in [-0.05, 0) is 37.5 Å². The summed E-state index contributed by atoms with van der Waals surface area (Å²) in [5.41, 5.74) is 6.55. The molecule has 4 atom stereocenters. The van der Waals surface area contributed by atoms with Gasteiger partial charge in [0, 0.05) is 22.5 Å². The lowest BCUT2D eigenvalue weighted by atomic mass is 9.82. The van der Waals surface area contributed by atoms with Crippen LogP contribution in [0.1, 0.15) is 29.6 Å². The Hall–Kier alpha value is -1.17. The third-order valence-corrected chi connectivity index (χ3v) is 4.29. The number of halogens is 2. The summed E-state index contributed by atoms with van der Waals surface area (Å²) in [7, 11) is 0. The number of benzene rings is 1. The minimum atomic E-state index is -0.888.